The first-order valence-corrected chi connectivity index (χ1v) is 15.9. The van der Waals surface area contributed by atoms with Gasteiger partial charge in [-0.1, -0.05) is 119 Å². The molecule has 44 heavy (non-hydrogen) atoms. The van der Waals surface area contributed by atoms with Gasteiger partial charge in [0, 0.05) is 47.9 Å². The molecule has 0 saturated heterocycles. The van der Waals surface area contributed by atoms with Gasteiger partial charge in [0.2, 0.25) is 0 Å². The van der Waals surface area contributed by atoms with Gasteiger partial charge in [-0.3, -0.25) is 4.79 Å². The van der Waals surface area contributed by atoms with Crippen molar-refractivity contribution in [1.29, 1.82) is 0 Å². The van der Waals surface area contributed by atoms with Crippen LogP contribution in [-0.4, -0.2) is 30.7 Å². The summed E-state index contributed by atoms with van der Waals surface area (Å²) in [6.45, 7) is 10.3. The van der Waals surface area contributed by atoms with Crippen LogP contribution in [0.15, 0.2) is 109 Å². The zero-order valence-electron chi connectivity index (χ0n) is 26.7. The third kappa shape index (κ3) is 5.11. The van der Waals surface area contributed by atoms with Gasteiger partial charge in [0.05, 0.1) is 6.04 Å². The third-order valence-corrected chi connectivity index (χ3v) is 9.89. The first-order chi connectivity index (χ1) is 21.1. The van der Waals surface area contributed by atoms with E-state index in [1.807, 2.05) is 0 Å². The summed E-state index contributed by atoms with van der Waals surface area (Å²) in [7, 11) is 2.18. The van der Waals surface area contributed by atoms with E-state index in [9.17, 15) is 4.79 Å². The minimum atomic E-state index is -0.712. The summed E-state index contributed by atoms with van der Waals surface area (Å²) >= 11 is 0. The molecule has 2 heterocycles. The molecule has 4 heteroatoms. The number of nitrogens with zero attached hydrogens (tertiary/aromatic N) is 2. The fourth-order valence-electron chi connectivity index (χ4n) is 7.78. The molecule has 0 aliphatic carbocycles. The van der Waals surface area contributed by atoms with Gasteiger partial charge in [0.1, 0.15) is 0 Å². The van der Waals surface area contributed by atoms with Crippen molar-refractivity contribution < 1.29 is 9.90 Å². The summed E-state index contributed by atoms with van der Waals surface area (Å²) in [6.07, 6.45) is 14.0. The van der Waals surface area contributed by atoms with Gasteiger partial charge >= 0.3 is 5.97 Å². The predicted molar refractivity (Wildman–Crippen MR) is 186 cm³/mol. The molecule has 2 aliphatic heterocycles. The van der Waals surface area contributed by atoms with E-state index >= 15 is 0 Å². The van der Waals surface area contributed by atoms with E-state index < -0.39 is 5.97 Å². The quantitative estimate of drug-likeness (QED) is 0.157. The van der Waals surface area contributed by atoms with Gasteiger partial charge in [-0.05, 0) is 63.7 Å². The molecule has 0 saturated carbocycles. The second-order valence-electron chi connectivity index (χ2n) is 13.4. The molecule has 226 valence electrons. The lowest BCUT2D eigenvalue weighted by molar-refractivity contribution is -0.137. The number of carboxylic acid groups (broad SMARTS) is 1. The summed E-state index contributed by atoms with van der Waals surface area (Å²) in [5.41, 5.74) is 6.47. The lowest BCUT2D eigenvalue weighted by Crippen LogP contribution is -2.40. The standard InChI is InChI=1S/C40H44N2O2/c1-39(2)34(41(5)32-25-23-28-16-11-13-18-30(28)37(32)39)20-8-6-9-21-35-40(3,4)38-31-19-14-12-17-29(31)24-26-33(38)42(35)27-15-7-10-22-36(43)44/h6,8-9,11-14,16-21,23-26,35H,7,10,15,22,27H2,1-5H3,(H,43,44)/b8-6+,21-9+,34-20+. The number of hydrogen-bond acceptors (Lipinski definition) is 3. The topological polar surface area (TPSA) is 43.8 Å². The molecule has 1 N–H and O–H groups in total. The molecule has 1 atom stereocenters. The van der Waals surface area contributed by atoms with Crippen LogP contribution in [0.25, 0.3) is 21.5 Å². The molecule has 0 fully saturated rings. The number of likely N-dealkylation sites (N-methyl/N-ethyl adjacent to an activating group) is 1. The van der Waals surface area contributed by atoms with Gasteiger partial charge in [0.25, 0.3) is 0 Å². The summed E-state index contributed by atoms with van der Waals surface area (Å²) in [6, 6.07) is 26.6. The van der Waals surface area contributed by atoms with Crippen LogP contribution in [0, 0.1) is 0 Å². The maximum Gasteiger partial charge on any atom is 0.303 e. The molecule has 0 bridgehead atoms. The van der Waals surface area contributed by atoms with Crippen molar-refractivity contribution in [1.82, 2.24) is 0 Å². The largest absolute Gasteiger partial charge is 0.481 e. The summed E-state index contributed by atoms with van der Waals surface area (Å²) in [4.78, 5) is 15.9. The van der Waals surface area contributed by atoms with E-state index in [1.54, 1.807) is 0 Å². The molecule has 4 aromatic carbocycles. The van der Waals surface area contributed by atoms with Gasteiger partial charge in [-0.15, -0.1) is 0 Å². The molecule has 0 amide bonds. The first-order valence-electron chi connectivity index (χ1n) is 15.9. The molecule has 4 aromatic rings. The van der Waals surface area contributed by atoms with Crippen molar-refractivity contribution in [2.24, 2.45) is 0 Å². The molecule has 4 nitrogen and oxygen atoms in total. The van der Waals surface area contributed by atoms with Gasteiger partial charge in [0.15, 0.2) is 0 Å². The minimum Gasteiger partial charge on any atom is -0.481 e. The molecule has 2 aliphatic rings. The van der Waals surface area contributed by atoms with E-state index in [1.165, 1.54) is 49.7 Å². The van der Waals surface area contributed by atoms with E-state index in [0.29, 0.717) is 0 Å². The van der Waals surface area contributed by atoms with E-state index in [4.69, 9.17) is 5.11 Å². The maximum absolute atomic E-state index is 11.0. The molecule has 0 radical (unpaired) electrons. The third-order valence-electron chi connectivity index (χ3n) is 9.89. The molecule has 0 aromatic heterocycles. The van der Waals surface area contributed by atoms with Crippen LogP contribution in [-0.2, 0) is 15.6 Å². The Bertz CT molecular complexity index is 1810. The number of rotatable bonds is 9. The molecule has 0 spiro atoms. The molecular weight excluding hydrogens is 540 g/mol. The Kier molecular flexibility index (Phi) is 7.88. The Labute approximate surface area is 262 Å². The summed E-state index contributed by atoms with van der Waals surface area (Å²) < 4.78 is 0. The molecule has 6 rings (SSSR count). The number of hydrogen-bond donors (Lipinski definition) is 1. The predicted octanol–water partition coefficient (Wildman–Crippen LogP) is 9.53. The maximum atomic E-state index is 11.0. The second-order valence-corrected chi connectivity index (χ2v) is 13.4. The fourth-order valence-corrected chi connectivity index (χ4v) is 7.78. The Morgan fingerprint density at radius 3 is 2.09 bits per heavy atom. The number of carboxylic acids is 1. The fraction of sp³-hybridized carbons (Fsp3) is 0.325. The zero-order valence-corrected chi connectivity index (χ0v) is 26.7. The summed E-state index contributed by atoms with van der Waals surface area (Å²) in [5, 5.41) is 14.3. The van der Waals surface area contributed by atoms with Crippen LogP contribution in [0.5, 0.6) is 0 Å². The zero-order chi connectivity index (χ0) is 31.1. The Hall–Kier alpha value is -4.31. The monoisotopic (exact) mass is 584 g/mol. The van der Waals surface area contributed by atoms with E-state index in [2.05, 4.69) is 148 Å². The summed E-state index contributed by atoms with van der Waals surface area (Å²) in [5.74, 6) is -0.712. The highest BCUT2D eigenvalue weighted by atomic mass is 16.4. The van der Waals surface area contributed by atoms with Gasteiger partial charge in [-0.25, -0.2) is 0 Å². The Morgan fingerprint density at radius 2 is 1.41 bits per heavy atom. The normalized spacial score (nSPS) is 19.6. The lowest BCUT2D eigenvalue weighted by Gasteiger charge is -2.32. The number of carbonyl (C=O) groups is 1. The van der Waals surface area contributed by atoms with Crippen LogP contribution in [0.2, 0.25) is 0 Å². The number of unbranched alkanes of at least 4 members (excludes halogenated alkanes) is 2. The highest BCUT2D eigenvalue weighted by Gasteiger charge is 2.44. The highest BCUT2D eigenvalue weighted by Crippen LogP contribution is 2.51. The highest BCUT2D eigenvalue weighted by molar-refractivity contribution is 5.95. The van der Waals surface area contributed by atoms with Crippen molar-refractivity contribution in [2.75, 3.05) is 23.4 Å². The number of aliphatic carboxylic acids is 1. The Balaban J connectivity index is 1.27. The number of anilines is 2. The average molecular weight is 585 g/mol. The van der Waals surface area contributed by atoms with Crippen molar-refractivity contribution in [3.05, 3.63) is 120 Å². The van der Waals surface area contributed by atoms with Crippen LogP contribution < -0.4 is 9.80 Å². The van der Waals surface area contributed by atoms with E-state index in [0.717, 1.165) is 25.8 Å². The van der Waals surface area contributed by atoms with Crippen LogP contribution in [0.1, 0.15) is 64.5 Å². The molecular formula is C40H44N2O2. The first kappa shape index (κ1) is 29.7. The van der Waals surface area contributed by atoms with Crippen molar-refractivity contribution >= 4 is 38.9 Å². The number of benzene rings is 4. The smallest absolute Gasteiger partial charge is 0.303 e. The SMILES string of the molecule is CN1/C(=C/C=C/C=C/C2N(CCCCCC(=O)O)c3ccc4ccccc4c3C2(C)C)C(C)(C)c2c1ccc1ccccc21. The lowest BCUT2D eigenvalue weighted by atomic mass is 9.78. The van der Waals surface area contributed by atoms with Gasteiger partial charge < -0.3 is 14.9 Å². The van der Waals surface area contributed by atoms with Crippen LogP contribution in [0.3, 0.4) is 0 Å². The van der Waals surface area contributed by atoms with Crippen LogP contribution >= 0.6 is 0 Å². The van der Waals surface area contributed by atoms with Crippen molar-refractivity contribution in [3.8, 4) is 0 Å². The minimum absolute atomic E-state index is 0.0869. The van der Waals surface area contributed by atoms with Gasteiger partial charge in [-0.2, -0.15) is 0 Å². The van der Waals surface area contributed by atoms with Crippen molar-refractivity contribution in [2.45, 2.75) is 70.3 Å². The van der Waals surface area contributed by atoms with Crippen LogP contribution in [0.4, 0.5) is 11.4 Å². The second kappa shape index (κ2) is 11.6. The molecule has 1 unspecified atom stereocenters. The van der Waals surface area contributed by atoms with E-state index in [-0.39, 0.29) is 23.3 Å². The average Bonchev–Trinajstić information content (AvgIpc) is 3.34. The Morgan fingerprint density at radius 1 is 0.773 bits per heavy atom. The number of allylic oxidation sites excluding steroid dienone is 5. The number of fused-ring (bicyclic) bond motifs is 6. The van der Waals surface area contributed by atoms with Crippen molar-refractivity contribution in [3.63, 3.8) is 0 Å².